The van der Waals surface area contributed by atoms with Gasteiger partial charge in [-0.25, -0.2) is 4.79 Å². The van der Waals surface area contributed by atoms with E-state index in [1.165, 1.54) is 0 Å². The molecule has 118 valence electrons. The van der Waals surface area contributed by atoms with Gasteiger partial charge >= 0.3 is 13.1 Å². The zero-order valence-electron chi connectivity index (χ0n) is 13.0. The largest absolute Gasteiger partial charge is 0.547 e. The van der Waals surface area contributed by atoms with Gasteiger partial charge in [0.15, 0.2) is 0 Å². The Hall–Kier alpha value is -2.02. The number of benzene rings is 1. The molecule has 0 unspecified atom stereocenters. The van der Waals surface area contributed by atoms with E-state index in [0.717, 1.165) is 5.56 Å². The first kappa shape index (κ1) is 16.4. The number of hydrogen-bond donors (Lipinski definition) is 2. The minimum atomic E-state index is -1.20. The van der Waals surface area contributed by atoms with Gasteiger partial charge in [0.05, 0.1) is 12.5 Å². The van der Waals surface area contributed by atoms with Gasteiger partial charge in [0.1, 0.15) is 11.3 Å². The van der Waals surface area contributed by atoms with Gasteiger partial charge in [-0.1, -0.05) is 26.0 Å². The van der Waals surface area contributed by atoms with Crippen molar-refractivity contribution in [3.8, 4) is 5.75 Å². The molecule has 7 heteroatoms. The summed E-state index contributed by atoms with van der Waals surface area (Å²) >= 11 is 0. The number of fused-ring (bicyclic) bond motifs is 1. The van der Waals surface area contributed by atoms with Crippen LogP contribution in [0.25, 0.3) is 0 Å². The maximum atomic E-state index is 11.9. The minimum Gasteiger partial charge on any atom is -0.534 e. The first-order valence-corrected chi connectivity index (χ1v) is 7.38. The Morgan fingerprint density at radius 1 is 1.50 bits per heavy atom. The van der Waals surface area contributed by atoms with Crippen molar-refractivity contribution >= 4 is 19.0 Å². The van der Waals surface area contributed by atoms with Crippen molar-refractivity contribution in [2.45, 2.75) is 33.1 Å². The van der Waals surface area contributed by atoms with E-state index in [2.05, 4.69) is 5.32 Å². The monoisotopic (exact) mass is 305 g/mol. The number of hydrogen-bond acceptors (Lipinski definition) is 5. The fourth-order valence-corrected chi connectivity index (χ4v) is 2.27. The number of ether oxygens (including phenoxy) is 1. The average Bonchev–Trinajstić information content (AvgIpc) is 2.47. The van der Waals surface area contributed by atoms with E-state index in [0.29, 0.717) is 12.2 Å². The number of carbonyl (C=O) groups is 2. The van der Waals surface area contributed by atoms with Crippen LogP contribution in [0.5, 0.6) is 5.75 Å². The van der Waals surface area contributed by atoms with E-state index >= 15 is 0 Å². The number of rotatable bonds is 4. The topological polar surface area (TPSA) is 84.9 Å². The number of amides is 1. The zero-order valence-corrected chi connectivity index (χ0v) is 13.0. The highest BCUT2D eigenvalue weighted by Gasteiger charge is 2.38. The molecular weight excluding hydrogens is 285 g/mol. The van der Waals surface area contributed by atoms with E-state index in [9.17, 15) is 14.6 Å². The third-order valence-corrected chi connectivity index (χ3v) is 3.47. The van der Waals surface area contributed by atoms with Crippen LogP contribution in [0.1, 0.15) is 36.7 Å². The van der Waals surface area contributed by atoms with Gasteiger partial charge in [0.25, 0.3) is 0 Å². The third kappa shape index (κ3) is 3.41. The summed E-state index contributed by atoms with van der Waals surface area (Å²) in [5.41, 5.74) is 1.04. The van der Waals surface area contributed by atoms with Gasteiger partial charge in [-0.15, -0.1) is 0 Å². The molecule has 22 heavy (non-hydrogen) atoms. The van der Waals surface area contributed by atoms with Crippen LogP contribution in [0.3, 0.4) is 0 Å². The second-order valence-electron chi connectivity index (χ2n) is 5.50. The van der Waals surface area contributed by atoms with Gasteiger partial charge in [0.2, 0.25) is 5.91 Å². The van der Waals surface area contributed by atoms with Crippen molar-refractivity contribution in [1.82, 2.24) is 5.32 Å². The summed E-state index contributed by atoms with van der Waals surface area (Å²) in [5, 5.41) is 12.8. The first-order valence-electron chi connectivity index (χ1n) is 7.38. The van der Waals surface area contributed by atoms with Gasteiger partial charge in [-0.2, -0.15) is 0 Å². The SMILES string of the molecule is CCOC(=O)c1cccc2c1OB(O)[C@@H](NC(=O)C(C)C)C2. The molecule has 6 nitrogen and oxygen atoms in total. The number of para-hydroxylation sites is 1. The molecule has 0 aromatic heterocycles. The van der Waals surface area contributed by atoms with Gasteiger partial charge < -0.3 is 19.7 Å². The summed E-state index contributed by atoms with van der Waals surface area (Å²) in [5.74, 6) is -1.04. The summed E-state index contributed by atoms with van der Waals surface area (Å²) < 4.78 is 10.4. The molecule has 0 fully saturated rings. The van der Waals surface area contributed by atoms with Crippen LogP contribution < -0.4 is 9.97 Å². The van der Waals surface area contributed by atoms with E-state index in [1.54, 1.807) is 39.0 Å². The Bertz CT molecular complexity index is 575. The van der Waals surface area contributed by atoms with Crippen molar-refractivity contribution < 1.29 is 24.0 Å². The van der Waals surface area contributed by atoms with E-state index < -0.39 is 19.0 Å². The van der Waals surface area contributed by atoms with Crippen LogP contribution in [-0.4, -0.2) is 36.6 Å². The lowest BCUT2D eigenvalue weighted by atomic mass is 9.72. The van der Waals surface area contributed by atoms with E-state index in [1.807, 2.05) is 0 Å². The molecule has 0 radical (unpaired) electrons. The van der Waals surface area contributed by atoms with Crippen LogP contribution >= 0.6 is 0 Å². The number of carbonyl (C=O) groups excluding carboxylic acids is 2. The molecule has 0 aliphatic carbocycles. The van der Waals surface area contributed by atoms with Crippen molar-refractivity contribution in [2.75, 3.05) is 6.61 Å². The van der Waals surface area contributed by atoms with Crippen LogP contribution in [0.15, 0.2) is 18.2 Å². The van der Waals surface area contributed by atoms with Crippen LogP contribution in [0.2, 0.25) is 0 Å². The van der Waals surface area contributed by atoms with E-state index in [4.69, 9.17) is 9.39 Å². The fourth-order valence-electron chi connectivity index (χ4n) is 2.27. The molecule has 1 amide bonds. The molecule has 1 aliphatic rings. The summed E-state index contributed by atoms with van der Waals surface area (Å²) in [4.78, 5) is 23.7. The molecule has 0 saturated carbocycles. The van der Waals surface area contributed by atoms with Crippen molar-refractivity contribution in [1.29, 1.82) is 0 Å². The highest BCUT2D eigenvalue weighted by Crippen LogP contribution is 2.30. The molecule has 0 spiro atoms. The van der Waals surface area contributed by atoms with Gasteiger partial charge in [-0.3, -0.25) is 4.79 Å². The molecule has 0 saturated heterocycles. The van der Waals surface area contributed by atoms with Crippen LogP contribution in [-0.2, 0) is 16.0 Å². The Balaban J connectivity index is 2.22. The standard InChI is InChI=1S/C15H20BNO5/c1-4-21-15(19)11-7-5-6-10-8-12(16(20)22-13(10)11)17-14(18)9(2)3/h5-7,9,12,20H,4,8H2,1-3H3,(H,17,18)/t12-/m0/s1. The highest BCUT2D eigenvalue weighted by molar-refractivity contribution is 6.47. The summed E-state index contributed by atoms with van der Waals surface area (Å²) in [6.07, 6.45) is 0.391. The lowest BCUT2D eigenvalue weighted by Gasteiger charge is -2.29. The summed E-state index contributed by atoms with van der Waals surface area (Å²) in [7, 11) is -1.20. The maximum Gasteiger partial charge on any atom is 0.547 e. The van der Waals surface area contributed by atoms with Gasteiger partial charge in [-0.05, 0) is 25.0 Å². The average molecular weight is 305 g/mol. The second kappa shape index (κ2) is 6.83. The Morgan fingerprint density at radius 2 is 2.23 bits per heavy atom. The molecule has 1 aliphatic heterocycles. The molecule has 1 aromatic carbocycles. The maximum absolute atomic E-state index is 11.9. The molecule has 0 bridgehead atoms. The predicted molar refractivity (Wildman–Crippen MR) is 81.5 cm³/mol. The first-order chi connectivity index (χ1) is 10.4. The molecule has 1 atom stereocenters. The minimum absolute atomic E-state index is 0.155. The quantitative estimate of drug-likeness (QED) is 0.639. The lowest BCUT2D eigenvalue weighted by Crippen LogP contribution is -2.54. The smallest absolute Gasteiger partial charge is 0.534 e. The molecule has 1 aromatic rings. The Labute approximate surface area is 129 Å². The normalized spacial score (nSPS) is 16.8. The van der Waals surface area contributed by atoms with Crippen LogP contribution in [0, 0.1) is 5.92 Å². The predicted octanol–water partition coefficient (Wildman–Crippen LogP) is 0.959. The Morgan fingerprint density at radius 3 is 2.86 bits per heavy atom. The molecule has 1 heterocycles. The number of nitrogens with one attached hydrogen (secondary N) is 1. The highest BCUT2D eigenvalue weighted by atomic mass is 16.5. The zero-order chi connectivity index (χ0) is 16.3. The van der Waals surface area contributed by atoms with Crippen molar-refractivity contribution in [3.63, 3.8) is 0 Å². The Kier molecular flexibility index (Phi) is 5.08. The summed E-state index contributed by atoms with van der Waals surface area (Å²) in [6.45, 7) is 5.54. The molecule has 2 N–H and O–H groups in total. The second-order valence-corrected chi connectivity index (χ2v) is 5.50. The van der Waals surface area contributed by atoms with Crippen molar-refractivity contribution in [3.05, 3.63) is 29.3 Å². The van der Waals surface area contributed by atoms with E-state index in [-0.39, 0.29) is 24.0 Å². The summed E-state index contributed by atoms with van der Waals surface area (Å²) in [6, 6.07) is 5.13. The lowest BCUT2D eigenvalue weighted by molar-refractivity contribution is -0.124. The number of esters is 1. The third-order valence-electron chi connectivity index (χ3n) is 3.47. The fraction of sp³-hybridized carbons (Fsp3) is 0.467. The van der Waals surface area contributed by atoms with Crippen molar-refractivity contribution in [2.24, 2.45) is 5.92 Å². The van der Waals surface area contributed by atoms with Gasteiger partial charge in [0, 0.05) is 5.92 Å². The van der Waals surface area contributed by atoms with Crippen LogP contribution in [0.4, 0.5) is 0 Å². The molecular formula is C15H20BNO5. The molecule has 2 rings (SSSR count).